The van der Waals surface area contributed by atoms with Gasteiger partial charge in [-0.1, -0.05) is 0 Å². The van der Waals surface area contributed by atoms with Gasteiger partial charge in [-0.3, -0.25) is 5.10 Å². The van der Waals surface area contributed by atoms with Crippen molar-refractivity contribution in [1.29, 1.82) is 0 Å². The van der Waals surface area contributed by atoms with E-state index in [1.54, 1.807) is 6.07 Å². The summed E-state index contributed by atoms with van der Waals surface area (Å²) in [5.41, 5.74) is 1.30. The van der Waals surface area contributed by atoms with Crippen LogP contribution in [0.25, 0.3) is 0 Å². The van der Waals surface area contributed by atoms with Crippen LogP contribution in [0, 0.1) is 0 Å². The summed E-state index contributed by atoms with van der Waals surface area (Å²) < 4.78 is 4.57. The summed E-state index contributed by atoms with van der Waals surface area (Å²) in [6.45, 7) is 1.03. The second-order valence-corrected chi connectivity index (χ2v) is 3.35. The molecule has 0 radical (unpaired) electrons. The molecule has 1 aliphatic rings. The molecule has 0 bridgehead atoms. The Balaban J connectivity index is 0.00000112. The number of H-pyrrole nitrogens is 1. The minimum Gasteiger partial charge on any atom is -0.464 e. The van der Waals surface area contributed by atoms with Crippen LogP contribution < -0.4 is 5.32 Å². The number of nitrogens with zero attached hydrogens (tertiary/aromatic N) is 1. The maximum absolute atomic E-state index is 11.1. The van der Waals surface area contributed by atoms with Crippen molar-refractivity contribution < 1.29 is 9.53 Å². The topological polar surface area (TPSA) is 67.0 Å². The monoisotopic (exact) mass is 231 g/mol. The Morgan fingerprint density at radius 3 is 3.07 bits per heavy atom. The van der Waals surface area contributed by atoms with E-state index in [9.17, 15) is 4.79 Å². The number of carbonyl (C=O) groups is 1. The van der Waals surface area contributed by atoms with E-state index in [1.807, 2.05) is 0 Å². The quantitative estimate of drug-likeness (QED) is 0.747. The maximum atomic E-state index is 11.1. The van der Waals surface area contributed by atoms with E-state index in [0.29, 0.717) is 11.7 Å². The van der Waals surface area contributed by atoms with Crippen molar-refractivity contribution in [2.75, 3.05) is 13.7 Å². The van der Waals surface area contributed by atoms with Crippen molar-refractivity contribution in [3.8, 4) is 0 Å². The third kappa shape index (κ3) is 2.49. The van der Waals surface area contributed by atoms with E-state index in [4.69, 9.17) is 0 Å². The highest BCUT2D eigenvalue weighted by Gasteiger charge is 2.20. The molecule has 1 saturated heterocycles. The highest BCUT2D eigenvalue weighted by molar-refractivity contribution is 5.87. The molecule has 0 saturated carbocycles. The molecule has 5 nitrogen and oxygen atoms in total. The molecule has 1 aromatic rings. The van der Waals surface area contributed by atoms with Crippen LogP contribution in [0.1, 0.15) is 35.1 Å². The van der Waals surface area contributed by atoms with Crippen LogP contribution in [0.2, 0.25) is 0 Å². The van der Waals surface area contributed by atoms with Gasteiger partial charge in [-0.2, -0.15) is 5.10 Å². The van der Waals surface area contributed by atoms with Gasteiger partial charge >= 0.3 is 5.97 Å². The van der Waals surface area contributed by atoms with Crippen LogP contribution in [-0.4, -0.2) is 29.8 Å². The number of hydrogen-bond donors (Lipinski definition) is 2. The van der Waals surface area contributed by atoms with Crippen molar-refractivity contribution in [2.45, 2.75) is 18.9 Å². The Morgan fingerprint density at radius 1 is 1.67 bits per heavy atom. The summed E-state index contributed by atoms with van der Waals surface area (Å²) >= 11 is 0. The molecule has 2 rings (SSSR count). The van der Waals surface area contributed by atoms with Crippen LogP contribution in [0.3, 0.4) is 0 Å². The first-order chi connectivity index (χ1) is 6.81. The van der Waals surface area contributed by atoms with Crippen LogP contribution in [0.5, 0.6) is 0 Å². The van der Waals surface area contributed by atoms with Gasteiger partial charge < -0.3 is 10.1 Å². The fourth-order valence-electron chi connectivity index (χ4n) is 1.67. The molecular weight excluding hydrogens is 218 g/mol. The number of aromatic amines is 1. The van der Waals surface area contributed by atoms with Crippen LogP contribution in [0.4, 0.5) is 0 Å². The normalized spacial score (nSPS) is 19.7. The van der Waals surface area contributed by atoms with Gasteiger partial charge in [0.05, 0.1) is 12.8 Å². The molecule has 0 amide bonds. The lowest BCUT2D eigenvalue weighted by molar-refractivity contribution is 0.0594. The summed E-state index contributed by atoms with van der Waals surface area (Å²) in [4.78, 5) is 11.1. The zero-order chi connectivity index (χ0) is 9.97. The molecule has 0 aromatic carbocycles. The molecule has 0 aliphatic carbocycles. The molecular formula is C9H14ClN3O2. The third-order valence-corrected chi connectivity index (χ3v) is 2.43. The first-order valence-electron chi connectivity index (χ1n) is 4.68. The number of aromatic nitrogens is 2. The average molecular weight is 232 g/mol. The van der Waals surface area contributed by atoms with E-state index in [0.717, 1.165) is 25.1 Å². The van der Waals surface area contributed by atoms with Gasteiger partial charge in [-0.25, -0.2) is 4.79 Å². The number of halogens is 1. The smallest absolute Gasteiger partial charge is 0.358 e. The molecule has 15 heavy (non-hydrogen) atoms. The first kappa shape index (κ1) is 12.0. The summed E-state index contributed by atoms with van der Waals surface area (Å²) in [6, 6.07) is 2.05. The zero-order valence-electron chi connectivity index (χ0n) is 8.45. The van der Waals surface area contributed by atoms with Gasteiger partial charge in [0.25, 0.3) is 0 Å². The lowest BCUT2D eigenvalue weighted by atomic mass is 10.1. The SMILES string of the molecule is COC(=O)c1cc(C2CCCN2)[nH]n1.Cl. The Bertz CT molecular complexity index is 334. The van der Waals surface area contributed by atoms with Crippen molar-refractivity contribution in [1.82, 2.24) is 15.5 Å². The predicted octanol–water partition coefficient (Wildman–Crippen LogP) is 1.04. The molecule has 1 fully saturated rings. The molecule has 84 valence electrons. The zero-order valence-corrected chi connectivity index (χ0v) is 9.26. The maximum Gasteiger partial charge on any atom is 0.358 e. The Kier molecular flexibility index (Phi) is 4.11. The van der Waals surface area contributed by atoms with Gasteiger partial charge in [0, 0.05) is 6.04 Å². The number of hydrogen-bond acceptors (Lipinski definition) is 4. The predicted molar refractivity (Wildman–Crippen MR) is 57.2 cm³/mol. The molecule has 1 unspecified atom stereocenters. The summed E-state index contributed by atoms with van der Waals surface area (Å²) in [5, 5.41) is 10.1. The molecule has 1 aromatic heterocycles. The minimum atomic E-state index is -0.398. The lowest BCUT2D eigenvalue weighted by Gasteiger charge is -2.04. The fraction of sp³-hybridized carbons (Fsp3) is 0.556. The summed E-state index contributed by atoms with van der Waals surface area (Å²) in [5.74, 6) is -0.398. The van der Waals surface area contributed by atoms with Gasteiger partial charge in [-0.15, -0.1) is 12.4 Å². The molecule has 2 N–H and O–H groups in total. The van der Waals surface area contributed by atoms with Crippen molar-refractivity contribution in [2.24, 2.45) is 0 Å². The highest BCUT2D eigenvalue weighted by Crippen LogP contribution is 2.21. The molecule has 2 heterocycles. The number of rotatable bonds is 2. The lowest BCUT2D eigenvalue weighted by Crippen LogP contribution is -2.13. The number of esters is 1. The van der Waals surface area contributed by atoms with Gasteiger partial charge in [0.1, 0.15) is 0 Å². The minimum absolute atomic E-state index is 0. The fourth-order valence-corrected chi connectivity index (χ4v) is 1.67. The Hall–Kier alpha value is -1.07. The largest absolute Gasteiger partial charge is 0.464 e. The number of carbonyl (C=O) groups excluding carboxylic acids is 1. The van der Waals surface area contributed by atoms with Crippen molar-refractivity contribution >= 4 is 18.4 Å². The number of methoxy groups -OCH3 is 1. The van der Waals surface area contributed by atoms with E-state index in [2.05, 4.69) is 20.3 Å². The van der Waals surface area contributed by atoms with Crippen molar-refractivity contribution in [3.05, 3.63) is 17.5 Å². The highest BCUT2D eigenvalue weighted by atomic mass is 35.5. The van der Waals surface area contributed by atoms with E-state index in [1.165, 1.54) is 7.11 Å². The van der Waals surface area contributed by atoms with Crippen LogP contribution >= 0.6 is 12.4 Å². The molecule has 1 aliphatic heterocycles. The first-order valence-corrected chi connectivity index (χ1v) is 4.68. The van der Waals surface area contributed by atoms with Gasteiger partial charge in [0.2, 0.25) is 0 Å². The summed E-state index contributed by atoms with van der Waals surface area (Å²) in [7, 11) is 1.35. The van der Waals surface area contributed by atoms with Gasteiger partial charge in [-0.05, 0) is 25.5 Å². The Labute approximate surface area is 94.0 Å². The summed E-state index contributed by atoms with van der Waals surface area (Å²) in [6.07, 6.45) is 2.25. The standard InChI is InChI=1S/C9H13N3O2.ClH/c1-14-9(13)8-5-7(11-12-8)6-3-2-4-10-6;/h5-6,10H,2-4H2,1H3,(H,11,12);1H. The Morgan fingerprint density at radius 2 is 2.47 bits per heavy atom. The van der Waals surface area contributed by atoms with Gasteiger partial charge in [0.15, 0.2) is 5.69 Å². The number of nitrogens with one attached hydrogen (secondary N) is 2. The van der Waals surface area contributed by atoms with E-state index < -0.39 is 5.97 Å². The van der Waals surface area contributed by atoms with Crippen LogP contribution in [0.15, 0.2) is 6.07 Å². The third-order valence-electron chi connectivity index (χ3n) is 2.43. The van der Waals surface area contributed by atoms with E-state index >= 15 is 0 Å². The molecule has 0 spiro atoms. The second kappa shape index (κ2) is 5.14. The van der Waals surface area contributed by atoms with Crippen molar-refractivity contribution in [3.63, 3.8) is 0 Å². The molecule has 1 atom stereocenters. The van der Waals surface area contributed by atoms with Crippen LogP contribution in [-0.2, 0) is 4.74 Å². The molecule has 6 heteroatoms. The average Bonchev–Trinajstić information content (AvgIpc) is 2.86. The number of ether oxygens (including phenoxy) is 1. The van der Waals surface area contributed by atoms with E-state index in [-0.39, 0.29) is 12.4 Å². The second-order valence-electron chi connectivity index (χ2n) is 3.35.